The summed E-state index contributed by atoms with van der Waals surface area (Å²) in [6, 6.07) is 0. The van der Waals surface area contributed by atoms with E-state index in [4.69, 9.17) is 9.26 Å². The van der Waals surface area contributed by atoms with Crippen LogP contribution in [0.5, 0.6) is 0 Å². The summed E-state index contributed by atoms with van der Waals surface area (Å²) in [5.74, 6) is 1.30. The van der Waals surface area contributed by atoms with Crippen LogP contribution in [-0.2, 0) is 14.3 Å². The summed E-state index contributed by atoms with van der Waals surface area (Å²) in [6.45, 7) is 9.94. The molecule has 162 valence electrons. The number of carboxylic acid groups (broad SMARTS) is 1. The zero-order chi connectivity index (χ0) is 21.3. The molecule has 6 nitrogen and oxygen atoms in total. The van der Waals surface area contributed by atoms with Gasteiger partial charge in [-0.25, -0.2) is 0 Å². The molecule has 1 N–H and O–H groups in total. The molecule has 2 fully saturated rings. The Morgan fingerprint density at radius 1 is 1.17 bits per heavy atom. The average molecular weight is 406 g/mol. The zero-order valence-corrected chi connectivity index (χ0v) is 18.4. The molecular formula is C23H35NO5. The third-order valence-corrected chi connectivity index (χ3v) is 5.82. The average Bonchev–Trinajstić information content (AvgIpc) is 3.26. The first kappa shape index (κ1) is 21.8. The number of carboxylic acids is 1. The summed E-state index contributed by atoms with van der Waals surface area (Å²) in [7, 11) is 0. The quantitative estimate of drug-likeness (QED) is 0.555. The van der Waals surface area contributed by atoms with Crippen LogP contribution in [0.1, 0.15) is 114 Å². The van der Waals surface area contributed by atoms with Crippen molar-refractivity contribution < 1.29 is 24.0 Å². The van der Waals surface area contributed by atoms with Gasteiger partial charge in [-0.15, -0.1) is 0 Å². The summed E-state index contributed by atoms with van der Waals surface area (Å²) in [5, 5.41) is 13.7. The van der Waals surface area contributed by atoms with Crippen LogP contribution >= 0.6 is 0 Å². The monoisotopic (exact) mass is 405 g/mol. The SMILES string of the molecule is CC(C)CC1CC(c2onc(C(CC(=O)O)CC(=O)OC(C)(C)C)c2C2CC2)C1. The fourth-order valence-electron chi connectivity index (χ4n) is 4.56. The highest BCUT2D eigenvalue weighted by atomic mass is 16.6. The maximum absolute atomic E-state index is 12.4. The Hall–Kier alpha value is -1.85. The van der Waals surface area contributed by atoms with E-state index in [9.17, 15) is 14.7 Å². The minimum Gasteiger partial charge on any atom is -0.481 e. The number of hydrogen-bond donors (Lipinski definition) is 1. The molecule has 29 heavy (non-hydrogen) atoms. The second kappa shape index (κ2) is 8.49. The lowest BCUT2D eigenvalue weighted by Gasteiger charge is -2.35. The van der Waals surface area contributed by atoms with Crippen molar-refractivity contribution in [3.8, 4) is 0 Å². The molecule has 0 aliphatic heterocycles. The van der Waals surface area contributed by atoms with Crippen LogP contribution in [0.2, 0.25) is 0 Å². The summed E-state index contributed by atoms with van der Waals surface area (Å²) >= 11 is 0. The van der Waals surface area contributed by atoms with Crippen LogP contribution in [0.25, 0.3) is 0 Å². The number of rotatable bonds is 9. The first-order chi connectivity index (χ1) is 13.5. The van der Waals surface area contributed by atoms with Crippen molar-refractivity contribution in [1.82, 2.24) is 5.16 Å². The summed E-state index contributed by atoms with van der Waals surface area (Å²) in [4.78, 5) is 23.9. The summed E-state index contributed by atoms with van der Waals surface area (Å²) < 4.78 is 11.2. The van der Waals surface area contributed by atoms with Gasteiger partial charge < -0.3 is 14.4 Å². The van der Waals surface area contributed by atoms with Gasteiger partial charge in [0.25, 0.3) is 0 Å². The zero-order valence-electron chi connectivity index (χ0n) is 18.4. The minimum atomic E-state index is -0.939. The van der Waals surface area contributed by atoms with Gasteiger partial charge in [-0.2, -0.15) is 0 Å². The lowest BCUT2D eigenvalue weighted by molar-refractivity contribution is -0.155. The van der Waals surface area contributed by atoms with Gasteiger partial charge >= 0.3 is 11.9 Å². The Bertz CT molecular complexity index is 735. The standard InChI is InChI=1S/C23H35NO5/c1-13(2)8-14-9-17(10-14)22-20(15-6-7-15)21(24-29-22)16(11-18(25)26)12-19(27)28-23(3,4)5/h13-17H,6-12H2,1-5H3,(H,25,26). The number of esters is 1. The predicted octanol–water partition coefficient (Wildman–Crippen LogP) is 5.38. The normalized spacial score (nSPS) is 23.0. The van der Waals surface area contributed by atoms with Crippen molar-refractivity contribution >= 4 is 11.9 Å². The molecule has 1 heterocycles. The Morgan fingerprint density at radius 2 is 1.83 bits per heavy atom. The first-order valence-corrected chi connectivity index (χ1v) is 11.0. The van der Waals surface area contributed by atoms with E-state index in [1.807, 2.05) is 20.8 Å². The van der Waals surface area contributed by atoms with E-state index in [0.29, 0.717) is 23.4 Å². The minimum absolute atomic E-state index is 0.00983. The van der Waals surface area contributed by atoms with Gasteiger partial charge in [0.15, 0.2) is 0 Å². The number of aliphatic carboxylic acids is 1. The molecule has 1 aromatic rings. The number of nitrogens with zero attached hydrogens (tertiary/aromatic N) is 1. The Morgan fingerprint density at radius 3 is 2.34 bits per heavy atom. The number of aromatic nitrogens is 1. The molecule has 0 radical (unpaired) electrons. The van der Waals surface area contributed by atoms with E-state index in [-0.39, 0.29) is 12.8 Å². The van der Waals surface area contributed by atoms with Crippen molar-refractivity contribution in [3.05, 3.63) is 17.0 Å². The van der Waals surface area contributed by atoms with Gasteiger partial charge in [-0.05, 0) is 70.6 Å². The molecule has 1 atom stereocenters. The third kappa shape index (κ3) is 5.83. The van der Waals surface area contributed by atoms with Crippen LogP contribution in [0, 0.1) is 11.8 Å². The Kier molecular flexibility index (Phi) is 6.39. The molecule has 0 saturated heterocycles. The van der Waals surface area contributed by atoms with Crippen LogP contribution in [0.3, 0.4) is 0 Å². The van der Waals surface area contributed by atoms with Crippen LogP contribution < -0.4 is 0 Å². The van der Waals surface area contributed by atoms with E-state index in [2.05, 4.69) is 19.0 Å². The lowest BCUT2D eigenvalue weighted by atomic mass is 9.69. The smallest absolute Gasteiger partial charge is 0.307 e. The van der Waals surface area contributed by atoms with E-state index < -0.39 is 23.5 Å². The maximum Gasteiger partial charge on any atom is 0.307 e. The second-order valence-corrected chi connectivity index (χ2v) is 10.4. The largest absolute Gasteiger partial charge is 0.481 e. The molecule has 1 unspecified atom stereocenters. The molecule has 2 aliphatic carbocycles. The number of ether oxygens (including phenoxy) is 1. The maximum atomic E-state index is 12.4. The molecule has 0 spiro atoms. The molecule has 0 aromatic carbocycles. The highest BCUT2D eigenvalue weighted by molar-refractivity contribution is 5.74. The van der Waals surface area contributed by atoms with Crippen molar-refractivity contribution in [2.24, 2.45) is 11.8 Å². The molecule has 6 heteroatoms. The first-order valence-electron chi connectivity index (χ1n) is 11.0. The highest BCUT2D eigenvalue weighted by Crippen LogP contribution is 2.52. The van der Waals surface area contributed by atoms with Gasteiger partial charge in [-0.1, -0.05) is 19.0 Å². The predicted molar refractivity (Wildman–Crippen MR) is 109 cm³/mol. The fraction of sp³-hybridized carbons (Fsp3) is 0.783. The van der Waals surface area contributed by atoms with Gasteiger partial charge in [0, 0.05) is 17.4 Å². The topological polar surface area (TPSA) is 89.6 Å². The molecule has 1 aromatic heterocycles. The van der Waals surface area contributed by atoms with E-state index >= 15 is 0 Å². The summed E-state index contributed by atoms with van der Waals surface area (Å²) in [5.41, 5.74) is 1.16. The third-order valence-electron chi connectivity index (χ3n) is 5.82. The summed E-state index contributed by atoms with van der Waals surface area (Å²) in [6.07, 6.45) is 5.48. The second-order valence-electron chi connectivity index (χ2n) is 10.4. The van der Waals surface area contributed by atoms with Gasteiger partial charge in [0.05, 0.1) is 18.5 Å². The Labute approximate surface area is 173 Å². The van der Waals surface area contributed by atoms with Crippen molar-refractivity contribution in [1.29, 1.82) is 0 Å². The van der Waals surface area contributed by atoms with Crippen LogP contribution in [-0.4, -0.2) is 27.8 Å². The van der Waals surface area contributed by atoms with E-state index in [0.717, 1.165) is 42.9 Å². The molecular weight excluding hydrogens is 370 g/mol. The van der Waals surface area contributed by atoms with E-state index in [1.165, 1.54) is 6.42 Å². The van der Waals surface area contributed by atoms with Gasteiger partial charge in [0.2, 0.25) is 0 Å². The molecule has 0 amide bonds. The number of carbonyl (C=O) groups excluding carboxylic acids is 1. The molecule has 3 rings (SSSR count). The van der Waals surface area contributed by atoms with Crippen molar-refractivity contribution in [3.63, 3.8) is 0 Å². The Balaban J connectivity index is 1.78. The fourth-order valence-corrected chi connectivity index (χ4v) is 4.56. The van der Waals surface area contributed by atoms with Crippen LogP contribution in [0.15, 0.2) is 4.52 Å². The van der Waals surface area contributed by atoms with Gasteiger partial charge in [-0.3, -0.25) is 9.59 Å². The molecule has 2 saturated carbocycles. The van der Waals surface area contributed by atoms with E-state index in [1.54, 1.807) is 0 Å². The lowest BCUT2D eigenvalue weighted by Crippen LogP contribution is -2.26. The number of carbonyl (C=O) groups is 2. The van der Waals surface area contributed by atoms with Crippen LogP contribution in [0.4, 0.5) is 0 Å². The number of hydrogen-bond acceptors (Lipinski definition) is 5. The van der Waals surface area contributed by atoms with Crippen molar-refractivity contribution in [2.75, 3.05) is 0 Å². The molecule has 0 bridgehead atoms. The highest BCUT2D eigenvalue weighted by Gasteiger charge is 2.42. The molecule has 2 aliphatic rings. The van der Waals surface area contributed by atoms with Crippen molar-refractivity contribution in [2.45, 2.75) is 103 Å². The van der Waals surface area contributed by atoms with Gasteiger partial charge in [0.1, 0.15) is 11.4 Å².